The van der Waals surface area contributed by atoms with Crippen molar-refractivity contribution in [1.29, 1.82) is 0 Å². The molecule has 20 heavy (non-hydrogen) atoms. The average Bonchev–Trinajstić information content (AvgIpc) is 2.46. The lowest BCUT2D eigenvalue weighted by atomic mass is 10.0. The van der Waals surface area contributed by atoms with Gasteiger partial charge in [0.05, 0.1) is 23.8 Å². The number of ether oxygens (including phenoxy) is 1. The molecule has 0 bridgehead atoms. The molecule has 4 nitrogen and oxygen atoms in total. The van der Waals surface area contributed by atoms with Crippen LogP contribution in [0.25, 0.3) is 0 Å². The molecule has 0 radical (unpaired) electrons. The SMILES string of the molecule is O=S1(=O)CCC(COc2cccc3c2NCCC3)CC1. The number of nitrogens with one attached hydrogen (secondary N) is 1. The van der Waals surface area contributed by atoms with E-state index in [4.69, 9.17) is 4.74 Å². The lowest BCUT2D eigenvalue weighted by molar-refractivity contribution is 0.239. The standard InChI is InChI=1S/C15H21NO3S/c17-20(18)9-6-12(7-10-20)11-19-14-5-1-3-13-4-2-8-16-15(13)14/h1,3,5,12,16H,2,4,6-11H2. The third-order valence-corrected chi connectivity index (χ3v) is 5.90. The van der Waals surface area contributed by atoms with Crippen LogP contribution in [0.1, 0.15) is 24.8 Å². The van der Waals surface area contributed by atoms with E-state index in [2.05, 4.69) is 11.4 Å². The van der Waals surface area contributed by atoms with E-state index >= 15 is 0 Å². The molecule has 5 heteroatoms. The molecule has 1 N–H and O–H groups in total. The Morgan fingerprint density at radius 3 is 2.85 bits per heavy atom. The van der Waals surface area contributed by atoms with Crippen molar-refractivity contribution in [1.82, 2.24) is 0 Å². The molecule has 2 aliphatic rings. The quantitative estimate of drug-likeness (QED) is 0.929. The molecule has 110 valence electrons. The van der Waals surface area contributed by atoms with Gasteiger partial charge in [0.1, 0.15) is 15.6 Å². The van der Waals surface area contributed by atoms with Gasteiger partial charge < -0.3 is 10.1 Å². The minimum absolute atomic E-state index is 0.312. The van der Waals surface area contributed by atoms with Crippen molar-refractivity contribution in [3.8, 4) is 5.75 Å². The molecule has 3 rings (SSSR count). The molecule has 1 fully saturated rings. The maximum atomic E-state index is 11.4. The van der Waals surface area contributed by atoms with Gasteiger partial charge in [-0.1, -0.05) is 12.1 Å². The highest BCUT2D eigenvalue weighted by Crippen LogP contribution is 2.32. The molecule has 1 aromatic carbocycles. The van der Waals surface area contributed by atoms with Crippen LogP contribution >= 0.6 is 0 Å². The number of para-hydroxylation sites is 1. The smallest absolute Gasteiger partial charge is 0.150 e. The number of anilines is 1. The fourth-order valence-corrected chi connectivity index (χ4v) is 4.50. The van der Waals surface area contributed by atoms with Crippen LogP contribution in [0.15, 0.2) is 18.2 Å². The van der Waals surface area contributed by atoms with Crippen molar-refractivity contribution in [3.63, 3.8) is 0 Å². The summed E-state index contributed by atoms with van der Waals surface area (Å²) in [5.41, 5.74) is 2.45. The molecular formula is C15H21NO3S. The molecule has 1 aromatic rings. The summed E-state index contributed by atoms with van der Waals surface area (Å²) in [6.07, 6.45) is 3.72. The zero-order valence-electron chi connectivity index (χ0n) is 11.6. The fourth-order valence-electron chi connectivity index (χ4n) is 2.91. The van der Waals surface area contributed by atoms with Gasteiger partial charge in [-0.05, 0) is 43.2 Å². The minimum atomic E-state index is -2.78. The Morgan fingerprint density at radius 1 is 1.25 bits per heavy atom. The van der Waals surface area contributed by atoms with Crippen LogP contribution in [-0.2, 0) is 16.3 Å². The van der Waals surface area contributed by atoms with E-state index in [1.165, 1.54) is 5.56 Å². The molecule has 0 saturated carbocycles. The van der Waals surface area contributed by atoms with Crippen LogP contribution in [0, 0.1) is 5.92 Å². The average molecular weight is 295 g/mol. The first-order valence-corrected chi connectivity index (χ1v) is 9.15. The first-order chi connectivity index (χ1) is 9.64. The molecule has 2 heterocycles. The van der Waals surface area contributed by atoms with E-state index < -0.39 is 9.84 Å². The molecular weight excluding hydrogens is 274 g/mol. The number of fused-ring (bicyclic) bond motifs is 1. The Labute approximate surface area is 120 Å². The summed E-state index contributed by atoms with van der Waals surface area (Å²) in [6.45, 7) is 1.61. The number of benzene rings is 1. The highest BCUT2D eigenvalue weighted by atomic mass is 32.2. The van der Waals surface area contributed by atoms with Crippen molar-refractivity contribution in [2.75, 3.05) is 30.0 Å². The molecule has 0 aromatic heterocycles. The third kappa shape index (κ3) is 3.08. The maximum Gasteiger partial charge on any atom is 0.150 e. The van der Waals surface area contributed by atoms with Gasteiger partial charge in [0.15, 0.2) is 0 Å². The van der Waals surface area contributed by atoms with Crippen molar-refractivity contribution < 1.29 is 13.2 Å². The summed E-state index contributed by atoms with van der Waals surface area (Å²) in [7, 11) is -2.78. The van der Waals surface area contributed by atoms with E-state index in [1.54, 1.807) is 0 Å². The first-order valence-electron chi connectivity index (χ1n) is 7.33. The topological polar surface area (TPSA) is 55.4 Å². The third-order valence-electron chi connectivity index (χ3n) is 4.19. The summed E-state index contributed by atoms with van der Waals surface area (Å²) in [5, 5.41) is 3.41. The highest BCUT2D eigenvalue weighted by Gasteiger charge is 2.24. The summed E-state index contributed by atoms with van der Waals surface area (Å²) in [5.74, 6) is 1.90. The lowest BCUT2D eigenvalue weighted by Crippen LogP contribution is -2.27. The zero-order valence-corrected chi connectivity index (χ0v) is 12.4. The van der Waals surface area contributed by atoms with E-state index in [0.717, 1.165) is 43.7 Å². The largest absolute Gasteiger partial charge is 0.491 e. The summed E-state index contributed by atoms with van der Waals surface area (Å²) < 4.78 is 28.8. The lowest BCUT2D eigenvalue weighted by Gasteiger charge is -2.25. The maximum absolute atomic E-state index is 11.4. The Bertz CT molecular complexity index is 569. The van der Waals surface area contributed by atoms with Gasteiger partial charge in [0, 0.05) is 6.54 Å². The normalized spacial score (nSPS) is 21.8. The molecule has 2 aliphatic heterocycles. The van der Waals surface area contributed by atoms with Crippen LogP contribution in [-0.4, -0.2) is 33.1 Å². The Balaban J connectivity index is 1.62. The van der Waals surface area contributed by atoms with E-state index in [0.29, 0.717) is 24.0 Å². The van der Waals surface area contributed by atoms with Gasteiger partial charge >= 0.3 is 0 Å². The number of rotatable bonds is 3. The van der Waals surface area contributed by atoms with Crippen LogP contribution in [0.2, 0.25) is 0 Å². The Kier molecular flexibility index (Phi) is 3.87. The van der Waals surface area contributed by atoms with Crippen molar-refractivity contribution in [2.45, 2.75) is 25.7 Å². The van der Waals surface area contributed by atoms with Crippen molar-refractivity contribution in [2.24, 2.45) is 5.92 Å². The van der Waals surface area contributed by atoms with Crippen molar-refractivity contribution in [3.05, 3.63) is 23.8 Å². The van der Waals surface area contributed by atoms with Gasteiger partial charge in [-0.2, -0.15) is 0 Å². The molecule has 0 spiro atoms. The van der Waals surface area contributed by atoms with Gasteiger partial charge in [-0.25, -0.2) is 8.42 Å². The van der Waals surface area contributed by atoms with Gasteiger partial charge in [-0.15, -0.1) is 0 Å². The van der Waals surface area contributed by atoms with Gasteiger partial charge in [-0.3, -0.25) is 0 Å². The van der Waals surface area contributed by atoms with Crippen LogP contribution in [0.4, 0.5) is 5.69 Å². The van der Waals surface area contributed by atoms with E-state index in [-0.39, 0.29) is 0 Å². The van der Waals surface area contributed by atoms with Gasteiger partial charge in [0.25, 0.3) is 0 Å². The molecule has 0 aliphatic carbocycles. The van der Waals surface area contributed by atoms with E-state index in [1.807, 2.05) is 12.1 Å². The second-order valence-electron chi connectivity index (χ2n) is 5.73. The monoisotopic (exact) mass is 295 g/mol. The predicted molar refractivity (Wildman–Crippen MR) is 80.1 cm³/mol. The molecule has 1 saturated heterocycles. The second kappa shape index (κ2) is 5.64. The van der Waals surface area contributed by atoms with Crippen molar-refractivity contribution >= 4 is 15.5 Å². The molecule has 0 atom stereocenters. The Morgan fingerprint density at radius 2 is 2.05 bits per heavy atom. The number of aryl methyl sites for hydroxylation is 1. The predicted octanol–water partition coefficient (Wildman–Crippen LogP) is 2.25. The van der Waals surface area contributed by atoms with Crippen LogP contribution < -0.4 is 10.1 Å². The minimum Gasteiger partial charge on any atom is -0.491 e. The number of hydrogen-bond donors (Lipinski definition) is 1. The summed E-state index contributed by atoms with van der Waals surface area (Å²) >= 11 is 0. The first kappa shape index (κ1) is 13.7. The Hall–Kier alpha value is -1.23. The van der Waals surface area contributed by atoms with Crippen LogP contribution in [0.3, 0.4) is 0 Å². The van der Waals surface area contributed by atoms with Gasteiger partial charge in [0.2, 0.25) is 0 Å². The molecule has 0 unspecified atom stereocenters. The number of hydrogen-bond acceptors (Lipinski definition) is 4. The van der Waals surface area contributed by atoms with Crippen LogP contribution in [0.5, 0.6) is 5.75 Å². The number of sulfone groups is 1. The fraction of sp³-hybridized carbons (Fsp3) is 0.600. The highest BCUT2D eigenvalue weighted by molar-refractivity contribution is 7.91. The summed E-state index contributed by atoms with van der Waals surface area (Å²) in [4.78, 5) is 0. The van der Waals surface area contributed by atoms with E-state index in [9.17, 15) is 8.42 Å². The molecule has 0 amide bonds. The zero-order chi connectivity index (χ0) is 14.0. The second-order valence-corrected chi connectivity index (χ2v) is 8.03. The summed E-state index contributed by atoms with van der Waals surface area (Å²) in [6, 6.07) is 6.17.